The minimum absolute atomic E-state index is 0.400. The lowest BCUT2D eigenvalue weighted by molar-refractivity contribution is -0.137. The molecule has 3 aromatic rings. The fraction of sp³-hybridized carbons (Fsp3) is 0.238. The van der Waals surface area contributed by atoms with E-state index in [1.54, 1.807) is 17.8 Å². The third kappa shape index (κ3) is 5.35. The minimum Gasteiger partial charge on any atom is -0.326 e. The van der Waals surface area contributed by atoms with E-state index in [2.05, 4.69) is 4.99 Å². The summed E-state index contributed by atoms with van der Waals surface area (Å²) >= 11 is 1.31. The van der Waals surface area contributed by atoms with Gasteiger partial charge < -0.3 is 4.90 Å². The van der Waals surface area contributed by atoms with Gasteiger partial charge in [-0.25, -0.2) is 4.79 Å². The summed E-state index contributed by atoms with van der Waals surface area (Å²) in [5.41, 5.74) is 0.920. The predicted molar refractivity (Wildman–Crippen MR) is 107 cm³/mol. The number of thiazole rings is 1. The van der Waals surface area contributed by atoms with Gasteiger partial charge in [-0.2, -0.15) is 18.2 Å². The van der Waals surface area contributed by atoms with Crippen molar-refractivity contribution < 1.29 is 18.0 Å². The molecular formula is C21H20F3N3OS. The molecule has 0 aliphatic carbocycles. The number of aryl methyl sites for hydroxylation is 1. The number of alkyl halides is 3. The normalized spacial score (nSPS) is 12.2. The van der Waals surface area contributed by atoms with Gasteiger partial charge in [-0.3, -0.25) is 4.57 Å². The molecule has 3 rings (SSSR count). The fourth-order valence-corrected chi connectivity index (χ4v) is 3.56. The van der Waals surface area contributed by atoms with Gasteiger partial charge in [0.1, 0.15) is 0 Å². The number of urea groups is 1. The number of carbonyl (C=O) groups excluding carboxylic acids is 1. The number of amides is 2. The first kappa shape index (κ1) is 20.9. The van der Waals surface area contributed by atoms with Crippen molar-refractivity contribution in [3.63, 3.8) is 0 Å². The van der Waals surface area contributed by atoms with Gasteiger partial charge in [-0.15, -0.1) is 11.3 Å². The van der Waals surface area contributed by atoms with Gasteiger partial charge in [0.2, 0.25) is 0 Å². The summed E-state index contributed by atoms with van der Waals surface area (Å²) in [5.74, 6) is 0. The van der Waals surface area contributed by atoms with Crippen molar-refractivity contribution in [2.24, 2.45) is 4.99 Å². The summed E-state index contributed by atoms with van der Waals surface area (Å²) < 4.78 is 40.0. The average molecular weight is 419 g/mol. The molecule has 152 valence electrons. The van der Waals surface area contributed by atoms with Gasteiger partial charge in [-0.1, -0.05) is 30.3 Å². The number of nitrogens with zero attached hydrogens (tertiary/aromatic N) is 3. The Labute approximate surface area is 170 Å². The van der Waals surface area contributed by atoms with Gasteiger partial charge in [0, 0.05) is 30.4 Å². The van der Waals surface area contributed by atoms with E-state index < -0.39 is 17.8 Å². The predicted octanol–water partition coefficient (Wildman–Crippen LogP) is 5.06. The van der Waals surface area contributed by atoms with Crippen LogP contribution >= 0.6 is 11.3 Å². The summed E-state index contributed by atoms with van der Waals surface area (Å²) in [4.78, 5) is 19.5. The van der Waals surface area contributed by atoms with Crippen molar-refractivity contribution >= 4 is 17.4 Å². The van der Waals surface area contributed by atoms with Crippen molar-refractivity contribution in [2.75, 3.05) is 13.6 Å². The first-order valence-electron chi connectivity index (χ1n) is 8.94. The lowest BCUT2D eigenvalue weighted by atomic mass is 10.1. The highest BCUT2D eigenvalue weighted by molar-refractivity contribution is 7.09. The summed E-state index contributed by atoms with van der Waals surface area (Å²) in [5, 5.41) is 0. The molecule has 0 aliphatic rings. The Hall–Kier alpha value is -2.87. The zero-order chi connectivity index (χ0) is 21.0. The lowest BCUT2D eigenvalue weighted by Crippen LogP contribution is -2.28. The maximum Gasteiger partial charge on any atom is 0.416 e. The number of carbonyl (C=O) groups is 1. The highest BCUT2D eigenvalue weighted by Gasteiger charge is 2.30. The molecule has 0 aliphatic heterocycles. The quantitative estimate of drug-likeness (QED) is 0.582. The molecule has 8 heteroatoms. The van der Waals surface area contributed by atoms with Crippen molar-refractivity contribution in [1.82, 2.24) is 9.47 Å². The molecule has 0 atom stereocenters. The van der Waals surface area contributed by atoms with Gasteiger partial charge in [0.25, 0.3) is 0 Å². The van der Waals surface area contributed by atoms with Gasteiger partial charge >= 0.3 is 12.2 Å². The minimum atomic E-state index is -4.39. The maximum absolute atomic E-state index is 12.8. The second-order valence-electron chi connectivity index (χ2n) is 6.59. The zero-order valence-corrected chi connectivity index (χ0v) is 16.8. The molecule has 0 N–H and O–H groups in total. The molecule has 0 bridgehead atoms. The van der Waals surface area contributed by atoms with Crippen LogP contribution < -0.4 is 4.80 Å². The molecule has 4 nitrogen and oxygen atoms in total. The second kappa shape index (κ2) is 8.65. The van der Waals surface area contributed by atoms with E-state index in [1.807, 2.05) is 37.3 Å². The topological polar surface area (TPSA) is 37.6 Å². The molecule has 0 saturated heterocycles. The van der Waals surface area contributed by atoms with Crippen LogP contribution in [0.5, 0.6) is 0 Å². The van der Waals surface area contributed by atoms with E-state index >= 15 is 0 Å². The molecule has 2 aromatic carbocycles. The highest BCUT2D eigenvalue weighted by atomic mass is 32.1. The Balaban J connectivity index is 1.80. The van der Waals surface area contributed by atoms with Crippen LogP contribution in [0.15, 0.2) is 65.8 Å². The van der Waals surface area contributed by atoms with Crippen LogP contribution in [0.3, 0.4) is 0 Å². The van der Waals surface area contributed by atoms with Crippen LogP contribution in [0.1, 0.15) is 16.0 Å². The number of likely N-dealkylation sites (N-methyl/N-ethyl adjacent to an activating group) is 1. The molecular weight excluding hydrogens is 399 g/mol. The molecule has 29 heavy (non-hydrogen) atoms. The van der Waals surface area contributed by atoms with E-state index in [0.29, 0.717) is 23.5 Å². The number of hydrogen-bond donors (Lipinski definition) is 0. The number of hydrogen-bond acceptors (Lipinski definition) is 2. The van der Waals surface area contributed by atoms with Crippen LogP contribution in [0.2, 0.25) is 0 Å². The highest BCUT2D eigenvalue weighted by Crippen LogP contribution is 2.29. The third-order valence-electron chi connectivity index (χ3n) is 4.34. The Morgan fingerprint density at radius 1 is 1.10 bits per heavy atom. The number of aromatic nitrogens is 1. The largest absolute Gasteiger partial charge is 0.416 e. The number of rotatable bonds is 4. The summed E-state index contributed by atoms with van der Waals surface area (Å²) in [7, 11) is 1.68. The van der Waals surface area contributed by atoms with E-state index in [9.17, 15) is 18.0 Å². The van der Waals surface area contributed by atoms with Crippen LogP contribution in [0.4, 0.5) is 18.0 Å². The van der Waals surface area contributed by atoms with Gasteiger partial charge in [0.05, 0.1) is 5.56 Å². The fourth-order valence-electron chi connectivity index (χ4n) is 2.73. The van der Waals surface area contributed by atoms with E-state index in [0.717, 1.165) is 22.6 Å². The summed E-state index contributed by atoms with van der Waals surface area (Å²) in [6.07, 6.45) is -1.93. The molecule has 1 aromatic heterocycles. The summed E-state index contributed by atoms with van der Waals surface area (Å²) in [6, 6.07) is 14.2. The third-order valence-corrected chi connectivity index (χ3v) is 5.24. The van der Waals surface area contributed by atoms with E-state index in [1.165, 1.54) is 28.4 Å². The molecule has 0 spiro atoms. The molecule has 0 unspecified atom stereocenters. The summed E-state index contributed by atoms with van der Waals surface area (Å²) in [6.45, 7) is 2.37. The van der Waals surface area contributed by atoms with Crippen LogP contribution in [-0.4, -0.2) is 29.1 Å². The second-order valence-corrected chi connectivity index (χ2v) is 7.80. The molecule has 0 saturated carbocycles. The van der Waals surface area contributed by atoms with Gasteiger partial charge in [-0.05, 0) is 43.2 Å². The van der Waals surface area contributed by atoms with Crippen LogP contribution in [-0.2, 0) is 12.6 Å². The van der Waals surface area contributed by atoms with Crippen LogP contribution in [0, 0.1) is 6.92 Å². The van der Waals surface area contributed by atoms with Crippen molar-refractivity contribution in [1.29, 1.82) is 0 Å². The van der Waals surface area contributed by atoms with E-state index in [-0.39, 0.29) is 0 Å². The lowest BCUT2D eigenvalue weighted by Gasteiger charge is -2.14. The van der Waals surface area contributed by atoms with Gasteiger partial charge in [0.15, 0.2) is 4.80 Å². The van der Waals surface area contributed by atoms with E-state index in [4.69, 9.17) is 0 Å². The Morgan fingerprint density at radius 2 is 1.76 bits per heavy atom. The molecule has 0 fully saturated rings. The molecule has 2 amide bonds. The molecule has 0 radical (unpaired) electrons. The Bertz CT molecular complexity index is 1040. The Morgan fingerprint density at radius 3 is 2.38 bits per heavy atom. The average Bonchev–Trinajstić information content (AvgIpc) is 3.06. The monoisotopic (exact) mass is 419 g/mol. The number of halogens is 3. The smallest absolute Gasteiger partial charge is 0.326 e. The number of benzene rings is 2. The van der Waals surface area contributed by atoms with Crippen molar-refractivity contribution in [2.45, 2.75) is 19.5 Å². The Kier molecular flexibility index (Phi) is 6.22. The van der Waals surface area contributed by atoms with Crippen molar-refractivity contribution in [3.8, 4) is 5.69 Å². The van der Waals surface area contributed by atoms with Crippen LogP contribution in [0.25, 0.3) is 5.69 Å². The first-order chi connectivity index (χ1) is 13.7. The first-order valence-corrected chi connectivity index (χ1v) is 9.76. The zero-order valence-electron chi connectivity index (χ0n) is 16.0. The maximum atomic E-state index is 12.8. The molecule has 1 heterocycles. The standard InChI is InChI=1S/C21H20F3N3OS/c1-15-14-27(18-10-8-17(9-11-18)21(22,23)24)20(29-15)25-19(28)26(2)13-12-16-6-4-3-5-7-16/h3-11,14H,12-13H2,1-2H3/b25-20-. The SMILES string of the molecule is Cc1cn(-c2ccc(C(F)(F)F)cc2)/c(=N/C(=O)N(C)CCc2ccccc2)s1. The van der Waals surface area contributed by atoms with Crippen molar-refractivity contribution in [3.05, 3.63) is 81.6 Å².